The van der Waals surface area contributed by atoms with Crippen molar-refractivity contribution in [3.05, 3.63) is 106 Å². The van der Waals surface area contributed by atoms with E-state index < -0.39 is 10.1 Å². The van der Waals surface area contributed by atoms with Crippen LogP contribution in [0.1, 0.15) is 95.3 Å². The lowest BCUT2D eigenvalue weighted by atomic mass is 9.87. The molecule has 4 aromatic carbocycles. The molecule has 1 aliphatic heterocycles. The standard InChI is InChI=1S/C35H37NO5S/c1-22(2)27-11-8-12-28(23(3)4)33(27)36-34(37)30-14-9-13-29-25(17-20-31(32(29)30)35(36)38)10-6-7-21-41-42(39,40)26-18-15-24(5)16-19-26/h8-9,11-20,22-23H,6-7,10,21H2,1-5H3. The maximum absolute atomic E-state index is 14.0. The molecule has 1 heterocycles. The average molecular weight is 584 g/mol. The summed E-state index contributed by atoms with van der Waals surface area (Å²) in [6, 6.07) is 22.0. The van der Waals surface area contributed by atoms with Crippen molar-refractivity contribution in [1.82, 2.24) is 0 Å². The van der Waals surface area contributed by atoms with Gasteiger partial charge in [-0.1, -0.05) is 81.8 Å². The number of unbranched alkanes of at least 4 members (excludes halogenated alkanes) is 1. The van der Waals surface area contributed by atoms with Crippen LogP contribution in [0.2, 0.25) is 0 Å². The number of benzene rings is 4. The van der Waals surface area contributed by atoms with Crippen LogP contribution in [0.4, 0.5) is 5.69 Å². The van der Waals surface area contributed by atoms with Crippen molar-refractivity contribution in [2.45, 2.75) is 70.6 Å². The van der Waals surface area contributed by atoms with E-state index in [1.165, 1.54) is 4.90 Å². The highest BCUT2D eigenvalue weighted by molar-refractivity contribution is 7.86. The van der Waals surface area contributed by atoms with E-state index in [9.17, 15) is 18.0 Å². The minimum atomic E-state index is -3.80. The molecule has 2 amide bonds. The molecule has 0 atom stereocenters. The van der Waals surface area contributed by atoms with Crippen LogP contribution in [0.5, 0.6) is 0 Å². The van der Waals surface area contributed by atoms with Crippen molar-refractivity contribution in [1.29, 1.82) is 0 Å². The van der Waals surface area contributed by atoms with Crippen molar-refractivity contribution >= 4 is 38.4 Å². The highest BCUT2D eigenvalue weighted by Crippen LogP contribution is 2.41. The number of nitrogens with zero attached hydrogens (tertiary/aromatic N) is 1. The first-order valence-electron chi connectivity index (χ1n) is 14.5. The van der Waals surface area contributed by atoms with Crippen LogP contribution in [0.15, 0.2) is 77.7 Å². The fourth-order valence-corrected chi connectivity index (χ4v) is 6.65. The number of aryl methyl sites for hydroxylation is 2. The SMILES string of the molecule is Cc1ccc(S(=O)(=O)OCCCCc2ccc3c4c(cccc24)C(=O)N(c2c(C(C)C)cccc2C(C)C)C3=O)cc1. The Kier molecular flexibility index (Phi) is 8.35. The second-order valence-corrected chi connectivity index (χ2v) is 13.2. The summed E-state index contributed by atoms with van der Waals surface area (Å²) in [5.74, 6) is -0.343. The van der Waals surface area contributed by atoms with Crippen LogP contribution in [-0.2, 0) is 20.7 Å². The molecule has 0 radical (unpaired) electrons. The highest BCUT2D eigenvalue weighted by atomic mass is 32.2. The summed E-state index contributed by atoms with van der Waals surface area (Å²) in [4.78, 5) is 29.6. The van der Waals surface area contributed by atoms with E-state index in [1.54, 1.807) is 30.3 Å². The average Bonchev–Trinajstić information content (AvgIpc) is 2.96. The molecule has 0 saturated carbocycles. The Bertz CT molecular complexity index is 1720. The third kappa shape index (κ3) is 5.51. The van der Waals surface area contributed by atoms with Gasteiger partial charge in [0.15, 0.2) is 0 Å². The van der Waals surface area contributed by atoms with Gasteiger partial charge in [0.1, 0.15) is 0 Å². The lowest BCUT2D eigenvalue weighted by Crippen LogP contribution is -2.41. The molecule has 6 nitrogen and oxygen atoms in total. The van der Waals surface area contributed by atoms with Gasteiger partial charge in [-0.05, 0) is 84.4 Å². The number of hydrogen-bond acceptors (Lipinski definition) is 5. The van der Waals surface area contributed by atoms with Gasteiger partial charge < -0.3 is 0 Å². The van der Waals surface area contributed by atoms with E-state index in [2.05, 4.69) is 27.7 Å². The molecule has 0 aliphatic carbocycles. The first-order valence-corrected chi connectivity index (χ1v) is 15.9. The number of carbonyl (C=O) groups excluding carboxylic acids is 2. The molecular formula is C35H37NO5S. The fourth-order valence-electron chi connectivity index (χ4n) is 5.71. The van der Waals surface area contributed by atoms with E-state index in [-0.39, 0.29) is 35.2 Å². The molecule has 218 valence electrons. The van der Waals surface area contributed by atoms with Gasteiger partial charge >= 0.3 is 0 Å². The molecule has 42 heavy (non-hydrogen) atoms. The molecule has 1 aliphatic rings. The lowest BCUT2D eigenvalue weighted by Gasteiger charge is -2.32. The smallest absolute Gasteiger partial charge is 0.268 e. The van der Waals surface area contributed by atoms with Crippen molar-refractivity contribution in [3.63, 3.8) is 0 Å². The summed E-state index contributed by atoms with van der Waals surface area (Å²) < 4.78 is 30.2. The van der Waals surface area contributed by atoms with E-state index in [4.69, 9.17) is 4.18 Å². The number of rotatable bonds is 10. The number of hydrogen-bond donors (Lipinski definition) is 0. The van der Waals surface area contributed by atoms with Gasteiger partial charge in [0.2, 0.25) is 0 Å². The van der Waals surface area contributed by atoms with Crippen molar-refractivity contribution < 1.29 is 22.2 Å². The van der Waals surface area contributed by atoms with E-state index >= 15 is 0 Å². The molecule has 4 aromatic rings. The van der Waals surface area contributed by atoms with Crippen LogP contribution >= 0.6 is 0 Å². The van der Waals surface area contributed by atoms with Crippen molar-refractivity contribution in [2.24, 2.45) is 0 Å². The molecule has 0 aromatic heterocycles. The third-order valence-corrected chi connectivity index (χ3v) is 9.28. The third-order valence-electron chi connectivity index (χ3n) is 7.95. The molecule has 0 spiro atoms. The Hall–Kier alpha value is -3.81. The van der Waals surface area contributed by atoms with E-state index in [0.717, 1.165) is 27.6 Å². The summed E-state index contributed by atoms with van der Waals surface area (Å²) in [7, 11) is -3.80. The Morgan fingerprint density at radius 1 is 0.738 bits per heavy atom. The van der Waals surface area contributed by atoms with Crippen LogP contribution in [0, 0.1) is 6.92 Å². The molecule has 0 unspecified atom stereocenters. The number of carbonyl (C=O) groups is 2. The van der Waals surface area contributed by atoms with Gasteiger partial charge in [0, 0.05) is 16.5 Å². The second-order valence-electron chi connectivity index (χ2n) is 11.6. The summed E-state index contributed by atoms with van der Waals surface area (Å²) in [5.41, 5.74) is 5.67. The molecule has 0 N–H and O–H groups in total. The van der Waals surface area contributed by atoms with Gasteiger partial charge in [0.05, 0.1) is 17.2 Å². The lowest BCUT2D eigenvalue weighted by molar-refractivity contribution is 0.0892. The monoisotopic (exact) mass is 583 g/mol. The predicted octanol–water partition coefficient (Wildman–Crippen LogP) is 7.92. The van der Waals surface area contributed by atoms with Gasteiger partial charge in [-0.15, -0.1) is 0 Å². The van der Waals surface area contributed by atoms with Crippen LogP contribution in [0.3, 0.4) is 0 Å². The second kappa shape index (κ2) is 11.8. The highest BCUT2D eigenvalue weighted by Gasteiger charge is 2.37. The number of para-hydroxylation sites is 1. The summed E-state index contributed by atoms with van der Waals surface area (Å²) in [6.07, 6.45) is 1.90. The Labute approximate surface area is 248 Å². The first-order chi connectivity index (χ1) is 20.0. The molecule has 0 saturated heterocycles. The molecule has 7 heteroatoms. The fraction of sp³-hybridized carbons (Fsp3) is 0.314. The van der Waals surface area contributed by atoms with Crippen LogP contribution in [0.25, 0.3) is 10.8 Å². The zero-order valence-electron chi connectivity index (χ0n) is 24.8. The normalized spacial score (nSPS) is 13.5. The maximum Gasteiger partial charge on any atom is 0.296 e. The topological polar surface area (TPSA) is 80.8 Å². The molecule has 0 fully saturated rings. The van der Waals surface area contributed by atoms with Crippen molar-refractivity contribution in [2.75, 3.05) is 11.5 Å². The summed E-state index contributed by atoms with van der Waals surface area (Å²) >= 11 is 0. The van der Waals surface area contributed by atoms with E-state index in [0.29, 0.717) is 41.5 Å². The number of imide groups is 1. The molecular weight excluding hydrogens is 546 g/mol. The number of anilines is 1. The van der Waals surface area contributed by atoms with E-state index in [1.807, 2.05) is 49.4 Å². The Balaban J connectivity index is 1.39. The quantitative estimate of drug-likeness (QED) is 0.108. The molecule has 0 bridgehead atoms. The van der Waals surface area contributed by atoms with Gasteiger partial charge in [0.25, 0.3) is 21.9 Å². The summed E-state index contributed by atoms with van der Waals surface area (Å²) in [6.45, 7) is 10.3. The minimum absolute atomic E-state index is 0.0802. The van der Waals surface area contributed by atoms with Crippen LogP contribution < -0.4 is 4.90 Å². The minimum Gasteiger partial charge on any atom is -0.268 e. The largest absolute Gasteiger partial charge is 0.296 e. The maximum atomic E-state index is 14.0. The predicted molar refractivity (Wildman–Crippen MR) is 167 cm³/mol. The zero-order chi connectivity index (χ0) is 30.2. The number of amides is 2. The van der Waals surface area contributed by atoms with Gasteiger partial charge in [-0.2, -0.15) is 8.42 Å². The first kappa shape index (κ1) is 29.7. The Morgan fingerprint density at radius 2 is 1.33 bits per heavy atom. The van der Waals surface area contributed by atoms with Gasteiger partial charge in [-0.3, -0.25) is 13.8 Å². The van der Waals surface area contributed by atoms with Crippen LogP contribution in [-0.4, -0.2) is 26.8 Å². The zero-order valence-corrected chi connectivity index (χ0v) is 25.6. The molecule has 5 rings (SSSR count). The van der Waals surface area contributed by atoms with Crippen molar-refractivity contribution in [3.8, 4) is 0 Å². The van der Waals surface area contributed by atoms with Gasteiger partial charge in [-0.25, -0.2) is 4.90 Å². The summed E-state index contributed by atoms with van der Waals surface area (Å²) in [5, 5.41) is 1.56. The Morgan fingerprint density at radius 3 is 1.95 bits per heavy atom.